The maximum atomic E-state index is 12.8. The molecule has 0 aromatic carbocycles. The van der Waals surface area contributed by atoms with Crippen LogP contribution in [0.4, 0.5) is 0 Å². The van der Waals surface area contributed by atoms with E-state index < -0.39 is 0 Å². The third kappa shape index (κ3) is 2.34. The second kappa shape index (κ2) is 6.03. The number of aliphatic hydroxyl groups is 1. The minimum Gasteiger partial charge on any atom is -0.508 e. The van der Waals surface area contributed by atoms with Crippen LogP contribution in [0.2, 0.25) is 0 Å². The molecule has 0 fully saturated rings. The molecule has 28 heavy (non-hydrogen) atoms. The van der Waals surface area contributed by atoms with E-state index in [1.165, 1.54) is 22.4 Å². The van der Waals surface area contributed by atoms with Crippen LogP contribution in [0.25, 0.3) is 0 Å². The van der Waals surface area contributed by atoms with E-state index in [0.29, 0.717) is 5.76 Å². The van der Waals surface area contributed by atoms with Crippen molar-refractivity contribution in [3.05, 3.63) is 57.2 Å². The molecule has 2 unspecified atom stereocenters. The minimum absolute atomic E-state index is 0.0803. The molecule has 1 aliphatic heterocycles. The Morgan fingerprint density at radius 1 is 1.36 bits per heavy atom. The molecule has 0 aromatic heterocycles. The Labute approximate surface area is 166 Å². The topological polar surface area (TPSA) is 73.4 Å². The van der Waals surface area contributed by atoms with E-state index in [2.05, 4.69) is 29.2 Å². The summed E-state index contributed by atoms with van der Waals surface area (Å²) in [6.45, 7) is 6.24. The number of fused-ring (bicyclic) bond motifs is 4. The van der Waals surface area contributed by atoms with Crippen molar-refractivity contribution < 1.29 is 9.90 Å². The summed E-state index contributed by atoms with van der Waals surface area (Å²) < 4.78 is 0. The number of aliphatic hydroxyl groups excluding tert-OH is 1. The van der Waals surface area contributed by atoms with Crippen LogP contribution in [0.15, 0.2) is 57.2 Å². The highest BCUT2D eigenvalue weighted by atomic mass is 16.3. The lowest BCUT2D eigenvalue weighted by molar-refractivity contribution is -0.124. The highest BCUT2D eigenvalue weighted by Crippen LogP contribution is 2.54. The molecule has 0 bridgehead atoms. The zero-order chi connectivity index (χ0) is 19.6. The molecule has 4 N–H and O–H groups in total. The van der Waals surface area contributed by atoms with Crippen molar-refractivity contribution in [3.8, 4) is 0 Å². The highest BCUT2D eigenvalue weighted by Gasteiger charge is 2.46. The second-order valence-electron chi connectivity index (χ2n) is 9.21. The third-order valence-electron chi connectivity index (χ3n) is 7.01. The van der Waals surface area contributed by atoms with Gasteiger partial charge in [0.05, 0.1) is 11.6 Å². The van der Waals surface area contributed by atoms with Crippen molar-refractivity contribution in [1.82, 2.24) is 16.2 Å². The Morgan fingerprint density at radius 3 is 2.96 bits per heavy atom. The molecule has 0 saturated heterocycles. The Balaban J connectivity index is 1.55. The molecule has 0 spiro atoms. The number of hydrazine groups is 1. The predicted molar refractivity (Wildman–Crippen MR) is 109 cm³/mol. The molecule has 5 rings (SSSR count). The van der Waals surface area contributed by atoms with E-state index in [0.717, 1.165) is 55.4 Å². The molecule has 0 radical (unpaired) electrons. The zero-order valence-corrected chi connectivity index (χ0v) is 16.9. The van der Waals surface area contributed by atoms with E-state index in [9.17, 15) is 9.90 Å². The standard InChI is InChI=1S/C23H29N3O2/c1-12(2)24-22(28)14-8-7-13-10-15-16-11-18(27)17-6-4-5-9-23(17,3)21(16)26-25-20(15)19(13)14/h6,11-12,14,25-27H,4-5,7-10H2,1-3H3,(H,24,28). The fraction of sp³-hybridized carbons (Fsp3) is 0.522. The van der Waals surface area contributed by atoms with Gasteiger partial charge in [-0.05, 0) is 76.5 Å². The van der Waals surface area contributed by atoms with Crippen LogP contribution in [0.5, 0.6) is 0 Å². The lowest BCUT2D eigenvalue weighted by atomic mass is 9.66. The molecule has 5 nitrogen and oxygen atoms in total. The molecule has 1 heterocycles. The Bertz CT molecular complexity index is 931. The van der Waals surface area contributed by atoms with Crippen LogP contribution in [-0.2, 0) is 4.79 Å². The monoisotopic (exact) mass is 379 g/mol. The summed E-state index contributed by atoms with van der Waals surface area (Å²) in [6, 6.07) is 0.147. The fourth-order valence-electron chi connectivity index (χ4n) is 5.72. The van der Waals surface area contributed by atoms with Gasteiger partial charge in [0.1, 0.15) is 5.76 Å². The first kappa shape index (κ1) is 17.7. The molecular formula is C23H29N3O2. The van der Waals surface area contributed by atoms with Gasteiger partial charge in [-0.2, -0.15) is 0 Å². The number of nitrogens with one attached hydrogen (secondary N) is 3. The number of rotatable bonds is 2. The van der Waals surface area contributed by atoms with E-state index >= 15 is 0 Å². The van der Waals surface area contributed by atoms with Gasteiger partial charge in [0, 0.05) is 28.3 Å². The first-order chi connectivity index (χ1) is 13.4. The lowest BCUT2D eigenvalue weighted by Gasteiger charge is -2.43. The van der Waals surface area contributed by atoms with E-state index in [4.69, 9.17) is 0 Å². The average Bonchev–Trinajstić information content (AvgIpc) is 3.20. The summed E-state index contributed by atoms with van der Waals surface area (Å²) in [4.78, 5) is 12.8. The van der Waals surface area contributed by atoms with Gasteiger partial charge in [-0.3, -0.25) is 4.79 Å². The number of carbonyl (C=O) groups excluding carboxylic acids is 1. The van der Waals surface area contributed by atoms with Gasteiger partial charge in [0.25, 0.3) is 0 Å². The predicted octanol–water partition coefficient (Wildman–Crippen LogP) is 3.81. The molecule has 0 saturated carbocycles. The quantitative estimate of drug-likeness (QED) is 0.589. The van der Waals surface area contributed by atoms with Crippen LogP contribution in [0.3, 0.4) is 0 Å². The van der Waals surface area contributed by atoms with Crippen molar-refractivity contribution in [3.63, 3.8) is 0 Å². The van der Waals surface area contributed by atoms with Crippen molar-refractivity contribution in [2.24, 2.45) is 11.3 Å². The van der Waals surface area contributed by atoms with E-state index in [1.54, 1.807) is 0 Å². The van der Waals surface area contributed by atoms with Crippen LogP contribution in [0.1, 0.15) is 59.3 Å². The molecule has 5 heteroatoms. The lowest BCUT2D eigenvalue weighted by Crippen LogP contribution is -2.46. The Hall–Kier alpha value is -2.43. The van der Waals surface area contributed by atoms with Gasteiger partial charge in [-0.1, -0.05) is 11.6 Å². The molecule has 5 aliphatic rings. The summed E-state index contributed by atoms with van der Waals surface area (Å²) in [5.74, 6) is 0.447. The van der Waals surface area contributed by atoms with Crippen molar-refractivity contribution in [1.29, 1.82) is 0 Å². The highest BCUT2D eigenvalue weighted by molar-refractivity contribution is 5.85. The van der Waals surface area contributed by atoms with E-state index in [1.807, 2.05) is 19.9 Å². The molecular weight excluding hydrogens is 350 g/mol. The fourth-order valence-corrected chi connectivity index (χ4v) is 5.72. The van der Waals surface area contributed by atoms with Crippen LogP contribution < -0.4 is 16.2 Å². The molecule has 2 atom stereocenters. The first-order valence-corrected chi connectivity index (χ1v) is 10.5. The zero-order valence-electron chi connectivity index (χ0n) is 16.9. The van der Waals surface area contributed by atoms with Crippen molar-refractivity contribution in [2.45, 2.75) is 65.3 Å². The summed E-state index contributed by atoms with van der Waals surface area (Å²) >= 11 is 0. The maximum Gasteiger partial charge on any atom is 0.227 e. The summed E-state index contributed by atoms with van der Waals surface area (Å²) in [7, 11) is 0. The smallest absolute Gasteiger partial charge is 0.227 e. The van der Waals surface area contributed by atoms with Gasteiger partial charge in [-0.15, -0.1) is 0 Å². The third-order valence-corrected chi connectivity index (χ3v) is 7.01. The van der Waals surface area contributed by atoms with Gasteiger partial charge < -0.3 is 21.3 Å². The number of amides is 1. The Morgan fingerprint density at radius 2 is 2.18 bits per heavy atom. The molecule has 1 amide bonds. The average molecular weight is 380 g/mol. The molecule has 148 valence electrons. The largest absolute Gasteiger partial charge is 0.508 e. The number of hydrogen-bond acceptors (Lipinski definition) is 4. The molecule has 4 aliphatic carbocycles. The number of hydrogen-bond donors (Lipinski definition) is 4. The first-order valence-electron chi connectivity index (χ1n) is 10.5. The van der Waals surface area contributed by atoms with Gasteiger partial charge in [0.2, 0.25) is 5.91 Å². The minimum atomic E-state index is -0.181. The van der Waals surface area contributed by atoms with Crippen LogP contribution in [-0.4, -0.2) is 17.1 Å². The van der Waals surface area contributed by atoms with Gasteiger partial charge in [-0.25, -0.2) is 0 Å². The van der Waals surface area contributed by atoms with Gasteiger partial charge in [0.15, 0.2) is 0 Å². The van der Waals surface area contributed by atoms with Crippen LogP contribution >= 0.6 is 0 Å². The maximum absolute atomic E-state index is 12.8. The van der Waals surface area contributed by atoms with Crippen LogP contribution in [0, 0.1) is 11.3 Å². The van der Waals surface area contributed by atoms with Crippen molar-refractivity contribution in [2.75, 3.05) is 0 Å². The summed E-state index contributed by atoms with van der Waals surface area (Å²) in [5, 5.41) is 13.9. The number of carbonyl (C=O) groups is 1. The second-order valence-corrected chi connectivity index (χ2v) is 9.21. The van der Waals surface area contributed by atoms with Crippen molar-refractivity contribution >= 4 is 5.91 Å². The van der Waals surface area contributed by atoms with E-state index in [-0.39, 0.29) is 23.3 Å². The normalized spacial score (nSPS) is 30.8. The van der Waals surface area contributed by atoms with Gasteiger partial charge >= 0.3 is 0 Å². The summed E-state index contributed by atoms with van der Waals surface area (Å²) in [5.41, 5.74) is 14.9. The number of allylic oxidation sites excluding steroid dienone is 8. The molecule has 0 aromatic rings. The SMILES string of the molecule is CC(C)NC(=O)C1CCC2=C1C1=C(C2)C2=C(NN1)C1(C)CCCC=C1C(O)=C2. The Kier molecular flexibility index (Phi) is 3.80. The summed E-state index contributed by atoms with van der Waals surface area (Å²) in [6.07, 6.45) is 10.0.